The van der Waals surface area contributed by atoms with Gasteiger partial charge in [-0.05, 0) is 42.7 Å². The Morgan fingerprint density at radius 1 is 1.14 bits per heavy atom. The molecule has 2 aromatic heterocycles. The number of fused-ring (bicyclic) bond motifs is 1. The van der Waals surface area contributed by atoms with Crippen molar-refractivity contribution in [3.05, 3.63) is 93.9 Å². The molecular weight excluding hydrogens is 446 g/mol. The zero-order valence-electron chi connectivity index (χ0n) is 19.0. The normalized spacial score (nSPS) is 15.2. The Morgan fingerprint density at radius 3 is 2.57 bits per heavy atom. The number of aromatic amines is 1. The smallest absolute Gasteiger partial charge is 0.335 e. The van der Waals surface area contributed by atoms with Gasteiger partial charge in [0.25, 0.3) is 5.56 Å². The van der Waals surface area contributed by atoms with Gasteiger partial charge in [0.05, 0.1) is 35.2 Å². The van der Waals surface area contributed by atoms with Crippen molar-refractivity contribution in [1.82, 2.24) is 14.5 Å². The summed E-state index contributed by atoms with van der Waals surface area (Å²) in [5, 5.41) is 28.3. The number of carboxylic acid groups (broad SMARTS) is 1. The minimum Gasteiger partial charge on any atom is -0.478 e. The molecule has 178 valence electrons. The Kier molecular flexibility index (Phi) is 7.24. The molecule has 1 fully saturated rings. The zero-order chi connectivity index (χ0) is 24.8. The van der Waals surface area contributed by atoms with Crippen LogP contribution in [-0.2, 0) is 6.54 Å². The number of hydrogen-bond donors (Lipinski definition) is 3. The number of nitrogens with zero attached hydrogens (tertiary/aromatic N) is 4. The average molecular weight is 472 g/mol. The fourth-order valence-corrected chi connectivity index (χ4v) is 4.06. The van der Waals surface area contributed by atoms with E-state index in [0.717, 1.165) is 24.9 Å². The molecule has 4 aromatic rings. The van der Waals surface area contributed by atoms with Crippen LogP contribution in [0.3, 0.4) is 0 Å². The molecular formula is C26H25N5O4. The van der Waals surface area contributed by atoms with E-state index in [9.17, 15) is 20.0 Å². The molecule has 35 heavy (non-hydrogen) atoms. The molecule has 0 saturated carbocycles. The number of H-pyrrole nitrogens is 1. The molecule has 1 aliphatic rings. The van der Waals surface area contributed by atoms with Crippen LogP contribution in [0.4, 0.5) is 5.95 Å². The number of benzene rings is 2. The Labute approximate surface area is 201 Å². The number of rotatable bonds is 4. The second-order valence-electron chi connectivity index (χ2n) is 8.23. The van der Waals surface area contributed by atoms with Crippen LogP contribution in [0.2, 0.25) is 0 Å². The van der Waals surface area contributed by atoms with Crippen molar-refractivity contribution in [2.45, 2.75) is 25.5 Å². The molecule has 9 nitrogen and oxygen atoms in total. The summed E-state index contributed by atoms with van der Waals surface area (Å²) in [7, 11) is 0. The highest BCUT2D eigenvalue weighted by Crippen LogP contribution is 2.21. The number of anilines is 1. The fourth-order valence-electron chi connectivity index (χ4n) is 4.06. The highest BCUT2D eigenvalue weighted by atomic mass is 16.4. The first-order valence-corrected chi connectivity index (χ1v) is 11.2. The first-order valence-electron chi connectivity index (χ1n) is 11.2. The van der Waals surface area contributed by atoms with Crippen LogP contribution in [0.5, 0.6) is 0 Å². The van der Waals surface area contributed by atoms with Crippen LogP contribution in [-0.4, -0.2) is 49.9 Å². The lowest BCUT2D eigenvalue weighted by molar-refractivity contribution is 0.0697. The summed E-state index contributed by atoms with van der Waals surface area (Å²) in [6.45, 7) is 1.44. The van der Waals surface area contributed by atoms with E-state index in [-0.39, 0.29) is 12.1 Å². The number of aromatic carboxylic acids is 1. The predicted octanol–water partition coefficient (Wildman–Crippen LogP) is 2.99. The molecule has 2 aromatic carbocycles. The molecule has 1 aliphatic heterocycles. The number of nitriles is 1. The lowest BCUT2D eigenvalue weighted by atomic mass is 10.1. The summed E-state index contributed by atoms with van der Waals surface area (Å²) in [6, 6.07) is 19.4. The largest absolute Gasteiger partial charge is 0.478 e. The van der Waals surface area contributed by atoms with Gasteiger partial charge in [0.2, 0.25) is 5.95 Å². The van der Waals surface area contributed by atoms with Crippen LogP contribution in [0, 0.1) is 11.3 Å². The van der Waals surface area contributed by atoms with Crippen LogP contribution in [0.15, 0.2) is 71.7 Å². The lowest BCUT2D eigenvalue weighted by Crippen LogP contribution is -2.42. The maximum Gasteiger partial charge on any atom is 0.335 e. The summed E-state index contributed by atoms with van der Waals surface area (Å²) >= 11 is 0. The summed E-state index contributed by atoms with van der Waals surface area (Å²) in [6.07, 6.45) is 2.86. The topological polar surface area (TPSA) is 135 Å². The van der Waals surface area contributed by atoms with Gasteiger partial charge in [0, 0.05) is 19.3 Å². The Bertz CT molecular complexity index is 1420. The van der Waals surface area contributed by atoms with Crippen LogP contribution >= 0.6 is 0 Å². The highest BCUT2D eigenvalue weighted by Gasteiger charge is 2.23. The third kappa shape index (κ3) is 5.39. The predicted molar refractivity (Wildman–Crippen MR) is 131 cm³/mol. The van der Waals surface area contributed by atoms with E-state index in [1.54, 1.807) is 59.3 Å². The summed E-state index contributed by atoms with van der Waals surface area (Å²) < 4.78 is 1.60. The van der Waals surface area contributed by atoms with Gasteiger partial charge in [-0.25, -0.2) is 4.79 Å². The number of aliphatic hydroxyl groups excluding tert-OH is 1. The van der Waals surface area contributed by atoms with Crippen molar-refractivity contribution in [3.8, 4) is 6.07 Å². The van der Waals surface area contributed by atoms with Crippen molar-refractivity contribution < 1.29 is 15.0 Å². The van der Waals surface area contributed by atoms with Gasteiger partial charge in [-0.15, -0.1) is 0 Å². The van der Waals surface area contributed by atoms with E-state index in [1.807, 2.05) is 17.0 Å². The molecule has 9 heteroatoms. The molecule has 3 N–H and O–H groups in total. The minimum absolute atomic E-state index is 0.154. The third-order valence-electron chi connectivity index (χ3n) is 5.82. The number of piperidine rings is 1. The minimum atomic E-state index is -0.879. The van der Waals surface area contributed by atoms with E-state index in [2.05, 4.69) is 16.0 Å². The maximum absolute atomic E-state index is 13.1. The highest BCUT2D eigenvalue weighted by molar-refractivity contribution is 5.87. The van der Waals surface area contributed by atoms with E-state index >= 15 is 0 Å². The van der Waals surface area contributed by atoms with Gasteiger partial charge in [-0.1, -0.05) is 36.4 Å². The maximum atomic E-state index is 13.1. The van der Waals surface area contributed by atoms with Crippen molar-refractivity contribution in [3.63, 3.8) is 0 Å². The standard InChI is InChI=1S/C19H19N5O2.C7H6O2/c20-10-13-4-1-2-5-14(13)11-24-18(26)16-7-8-21-17(16)22-19(24)23-9-3-6-15(25)12-23;8-7(9)6-4-2-1-3-5-6/h1-2,4-5,7-8,15,21,25H,3,6,9,11-12H2;1-5H,(H,8,9). The van der Waals surface area contributed by atoms with Gasteiger partial charge in [-0.3, -0.25) is 9.36 Å². The number of hydrogen-bond acceptors (Lipinski definition) is 6. The number of aliphatic hydroxyl groups is 1. The van der Waals surface area contributed by atoms with Gasteiger partial charge in [0.1, 0.15) is 5.65 Å². The van der Waals surface area contributed by atoms with Crippen LogP contribution in [0.25, 0.3) is 11.0 Å². The van der Waals surface area contributed by atoms with Crippen LogP contribution in [0.1, 0.15) is 34.3 Å². The average Bonchev–Trinajstić information content (AvgIpc) is 3.36. The zero-order valence-corrected chi connectivity index (χ0v) is 19.0. The molecule has 0 spiro atoms. The number of β-amino-alcohol motifs (C(OH)–C–C–N with tert-alkyl or cyclic N) is 1. The van der Waals surface area contributed by atoms with Crippen LogP contribution < -0.4 is 10.5 Å². The second-order valence-corrected chi connectivity index (χ2v) is 8.23. The summed E-state index contributed by atoms with van der Waals surface area (Å²) in [5.41, 5.74) is 2.03. The van der Waals surface area contributed by atoms with E-state index in [0.29, 0.717) is 34.7 Å². The number of carboxylic acids is 1. The fraction of sp³-hybridized carbons (Fsp3) is 0.231. The van der Waals surface area contributed by atoms with Crippen molar-refractivity contribution in [1.29, 1.82) is 5.26 Å². The second kappa shape index (κ2) is 10.7. The monoisotopic (exact) mass is 471 g/mol. The number of aromatic nitrogens is 3. The van der Waals surface area contributed by atoms with Crippen molar-refractivity contribution in [2.75, 3.05) is 18.0 Å². The molecule has 0 aliphatic carbocycles. The molecule has 0 bridgehead atoms. The van der Waals surface area contributed by atoms with Gasteiger partial charge < -0.3 is 20.1 Å². The Morgan fingerprint density at radius 2 is 1.89 bits per heavy atom. The molecule has 1 unspecified atom stereocenters. The molecule has 0 amide bonds. The first kappa shape index (κ1) is 23.7. The van der Waals surface area contributed by atoms with E-state index < -0.39 is 12.1 Å². The number of nitrogens with one attached hydrogen (secondary N) is 1. The summed E-state index contributed by atoms with van der Waals surface area (Å²) in [5.74, 6) is -0.355. The van der Waals surface area contributed by atoms with E-state index in [4.69, 9.17) is 5.11 Å². The lowest BCUT2D eigenvalue weighted by Gasteiger charge is -2.32. The quantitative estimate of drug-likeness (QED) is 0.416. The van der Waals surface area contributed by atoms with Gasteiger partial charge >= 0.3 is 5.97 Å². The molecule has 0 radical (unpaired) electrons. The molecule has 1 saturated heterocycles. The van der Waals surface area contributed by atoms with E-state index in [1.165, 1.54) is 0 Å². The summed E-state index contributed by atoms with van der Waals surface area (Å²) in [4.78, 5) is 32.9. The Hall–Kier alpha value is -4.42. The first-order chi connectivity index (χ1) is 17.0. The SMILES string of the molecule is N#Cc1ccccc1Cn1c(N2CCCC(O)C2)nc2[nH]ccc2c1=O.O=C(O)c1ccccc1. The number of carbonyl (C=O) groups is 1. The van der Waals surface area contributed by atoms with Gasteiger partial charge in [0.15, 0.2) is 0 Å². The molecule has 1 atom stereocenters. The Balaban J connectivity index is 0.000000271. The van der Waals surface area contributed by atoms with Crippen molar-refractivity contribution >= 4 is 23.0 Å². The molecule has 5 rings (SSSR count). The molecule has 3 heterocycles. The third-order valence-corrected chi connectivity index (χ3v) is 5.82. The van der Waals surface area contributed by atoms with Gasteiger partial charge in [-0.2, -0.15) is 10.2 Å². The van der Waals surface area contributed by atoms with Crippen molar-refractivity contribution in [2.24, 2.45) is 0 Å².